The largest absolute Gasteiger partial charge is 0.481 e. The maximum absolute atomic E-state index is 12.4. The summed E-state index contributed by atoms with van der Waals surface area (Å²) >= 11 is 0. The predicted octanol–water partition coefficient (Wildman–Crippen LogP) is 3.53. The summed E-state index contributed by atoms with van der Waals surface area (Å²) in [4.78, 5) is 24.0. The highest BCUT2D eigenvalue weighted by atomic mass is 19.3. The molecule has 0 aromatic heterocycles. The predicted molar refractivity (Wildman–Crippen MR) is 104 cm³/mol. The van der Waals surface area contributed by atoms with Crippen LogP contribution in [0.2, 0.25) is 0 Å². The second-order valence-electron chi connectivity index (χ2n) is 6.19. The molecule has 0 aliphatic heterocycles. The molecular weight excluding hydrogens is 382 g/mol. The zero-order valence-corrected chi connectivity index (χ0v) is 16.2. The van der Waals surface area contributed by atoms with Gasteiger partial charge in [-0.05, 0) is 50.1 Å². The Kier molecular flexibility index (Phi) is 7.70. The number of benzene rings is 2. The molecule has 29 heavy (non-hydrogen) atoms. The molecule has 2 aromatic carbocycles. The van der Waals surface area contributed by atoms with Crippen LogP contribution in [-0.2, 0) is 9.59 Å². The van der Waals surface area contributed by atoms with Crippen molar-refractivity contribution in [2.24, 2.45) is 0 Å². The van der Waals surface area contributed by atoms with E-state index in [9.17, 15) is 18.4 Å². The minimum atomic E-state index is -2.98. The van der Waals surface area contributed by atoms with Crippen LogP contribution >= 0.6 is 0 Å². The summed E-state index contributed by atoms with van der Waals surface area (Å²) in [6.45, 7) is 2.40. The number of alkyl halides is 2. The molecule has 1 atom stereocenters. The van der Waals surface area contributed by atoms with Gasteiger partial charge in [0.05, 0.1) is 0 Å². The number of aryl methyl sites for hydroxylation is 1. The van der Waals surface area contributed by atoms with Crippen molar-refractivity contribution in [2.75, 3.05) is 0 Å². The maximum Gasteiger partial charge on any atom is 0.387 e. The van der Waals surface area contributed by atoms with E-state index in [1.807, 2.05) is 26.0 Å². The van der Waals surface area contributed by atoms with Crippen LogP contribution in [0.4, 0.5) is 8.78 Å². The van der Waals surface area contributed by atoms with Crippen LogP contribution in [0.5, 0.6) is 11.5 Å². The number of nitrogens with one attached hydrogen (secondary N) is 2. The van der Waals surface area contributed by atoms with Crippen molar-refractivity contribution in [1.82, 2.24) is 10.9 Å². The maximum atomic E-state index is 12.4. The van der Waals surface area contributed by atoms with Gasteiger partial charge < -0.3 is 9.47 Å². The van der Waals surface area contributed by atoms with Crippen LogP contribution < -0.4 is 20.3 Å². The third kappa shape index (κ3) is 6.60. The molecular formula is C21H22F2N2O4. The summed E-state index contributed by atoms with van der Waals surface area (Å²) in [5.41, 5.74) is 6.71. The number of carbonyl (C=O) groups is 2. The fraction of sp³-hybridized carbons (Fsp3) is 0.238. The Bertz CT molecular complexity index is 900. The van der Waals surface area contributed by atoms with Crippen LogP contribution in [0.25, 0.3) is 6.08 Å². The number of carbonyl (C=O) groups excluding carboxylic acids is 2. The highest BCUT2D eigenvalue weighted by molar-refractivity contribution is 5.93. The molecule has 0 heterocycles. The van der Waals surface area contributed by atoms with E-state index in [0.29, 0.717) is 11.3 Å². The Morgan fingerprint density at radius 2 is 1.66 bits per heavy atom. The standard InChI is InChI=1S/C21H22F2N2O4/c1-13-7-6-10-17(14(13)2)28-15(3)20(27)25-24-19(26)12-11-16-8-4-5-9-18(16)29-21(22)23/h4-12,15,21H,1-3H3,(H,24,26)(H,25,27)/b12-11+. The average molecular weight is 404 g/mol. The third-order valence-corrected chi connectivity index (χ3v) is 4.09. The van der Waals surface area contributed by atoms with Gasteiger partial charge in [0.2, 0.25) is 0 Å². The molecule has 2 rings (SSSR count). The summed E-state index contributed by atoms with van der Waals surface area (Å²) in [7, 11) is 0. The van der Waals surface area contributed by atoms with Crippen LogP contribution in [0.3, 0.4) is 0 Å². The quantitative estimate of drug-likeness (QED) is 0.547. The summed E-state index contributed by atoms with van der Waals surface area (Å²) in [5, 5.41) is 0. The minimum Gasteiger partial charge on any atom is -0.481 e. The molecule has 0 aliphatic rings. The molecule has 8 heteroatoms. The van der Waals surface area contributed by atoms with Crippen LogP contribution in [0.1, 0.15) is 23.6 Å². The summed E-state index contributed by atoms with van der Waals surface area (Å²) < 4.78 is 34.8. The first-order valence-electron chi connectivity index (χ1n) is 8.82. The molecule has 6 nitrogen and oxygen atoms in total. The number of hydrogen-bond acceptors (Lipinski definition) is 4. The van der Waals surface area contributed by atoms with E-state index in [1.54, 1.807) is 19.1 Å². The molecule has 2 aromatic rings. The van der Waals surface area contributed by atoms with Crippen LogP contribution in [0, 0.1) is 13.8 Å². The lowest BCUT2D eigenvalue weighted by Crippen LogP contribution is -2.46. The monoisotopic (exact) mass is 404 g/mol. The lowest BCUT2D eigenvalue weighted by Gasteiger charge is -2.17. The molecule has 154 valence electrons. The first-order chi connectivity index (χ1) is 13.8. The van der Waals surface area contributed by atoms with E-state index < -0.39 is 24.5 Å². The lowest BCUT2D eigenvalue weighted by atomic mass is 10.1. The zero-order valence-electron chi connectivity index (χ0n) is 16.2. The Hall–Kier alpha value is -3.42. The van der Waals surface area contributed by atoms with Gasteiger partial charge in [0.1, 0.15) is 11.5 Å². The Labute approximate surface area is 167 Å². The first-order valence-corrected chi connectivity index (χ1v) is 8.82. The van der Waals surface area contributed by atoms with Crippen molar-refractivity contribution in [3.8, 4) is 11.5 Å². The summed E-state index contributed by atoms with van der Waals surface area (Å²) in [6.07, 6.45) is 1.54. The summed E-state index contributed by atoms with van der Waals surface area (Å²) in [6, 6.07) is 11.5. The second kappa shape index (κ2) is 10.2. The zero-order chi connectivity index (χ0) is 21.4. The topological polar surface area (TPSA) is 76.7 Å². The van der Waals surface area contributed by atoms with Crippen molar-refractivity contribution in [1.29, 1.82) is 0 Å². The Morgan fingerprint density at radius 1 is 0.966 bits per heavy atom. The number of para-hydroxylation sites is 1. The lowest BCUT2D eigenvalue weighted by molar-refractivity contribution is -0.131. The van der Waals surface area contributed by atoms with Crippen molar-refractivity contribution in [3.05, 3.63) is 65.2 Å². The van der Waals surface area contributed by atoms with Gasteiger partial charge in [-0.25, -0.2) is 0 Å². The van der Waals surface area contributed by atoms with Gasteiger partial charge in [-0.2, -0.15) is 8.78 Å². The van der Waals surface area contributed by atoms with Crippen molar-refractivity contribution in [3.63, 3.8) is 0 Å². The number of hydrazine groups is 1. The molecule has 2 N–H and O–H groups in total. The van der Waals surface area contributed by atoms with E-state index in [2.05, 4.69) is 15.6 Å². The van der Waals surface area contributed by atoms with Gasteiger partial charge in [-0.1, -0.05) is 30.3 Å². The van der Waals surface area contributed by atoms with Crippen molar-refractivity contribution in [2.45, 2.75) is 33.5 Å². The highest BCUT2D eigenvalue weighted by Crippen LogP contribution is 2.22. The molecule has 0 saturated carbocycles. The average Bonchev–Trinajstić information content (AvgIpc) is 2.68. The van der Waals surface area contributed by atoms with Gasteiger partial charge in [0.15, 0.2) is 6.10 Å². The van der Waals surface area contributed by atoms with Crippen molar-refractivity contribution < 1.29 is 27.8 Å². The first kappa shape index (κ1) is 21.9. The SMILES string of the molecule is Cc1cccc(OC(C)C(=O)NNC(=O)/C=C/c2ccccc2OC(F)F)c1C. The van der Waals surface area contributed by atoms with Gasteiger partial charge in [0.25, 0.3) is 11.8 Å². The van der Waals surface area contributed by atoms with Crippen LogP contribution in [0.15, 0.2) is 48.5 Å². The van der Waals surface area contributed by atoms with Crippen LogP contribution in [-0.4, -0.2) is 24.5 Å². The molecule has 0 fully saturated rings. The van der Waals surface area contributed by atoms with E-state index >= 15 is 0 Å². The number of ether oxygens (including phenoxy) is 2. The number of amides is 2. The molecule has 0 spiro atoms. The van der Waals surface area contributed by atoms with E-state index in [0.717, 1.165) is 17.2 Å². The smallest absolute Gasteiger partial charge is 0.387 e. The van der Waals surface area contributed by atoms with Gasteiger partial charge >= 0.3 is 6.61 Å². The van der Waals surface area contributed by atoms with E-state index in [1.165, 1.54) is 24.3 Å². The number of halogens is 2. The number of rotatable bonds is 7. The van der Waals surface area contributed by atoms with Gasteiger partial charge in [-0.15, -0.1) is 0 Å². The molecule has 0 saturated heterocycles. The molecule has 0 radical (unpaired) electrons. The molecule has 0 aliphatic carbocycles. The molecule has 2 amide bonds. The summed E-state index contributed by atoms with van der Waals surface area (Å²) in [5.74, 6) is -0.682. The minimum absolute atomic E-state index is 0.0638. The second-order valence-corrected chi connectivity index (χ2v) is 6.19. The van der Waals surface area contributed by atoms with Crippen molar-refractivity contribution >= 4 is 17.9 Å². The highest BCUT2D eigenvalue weighted by Gasteiger charge is 2.16. The van der Waals surface area contributed by atoms with E-state index in [-0.39, 0.29) is 5.75 Å². The van der Waals surface area contributed by atoms with E-state index in [4.69, 9.17) is 4.74 Å². The molecule has 1 unspecified atom stereocenters. The Morgan fingerprint density at radius 3 is 2.38 bits per heavy atom. The number of hydrogen-bond donors (Lipinski definition) is 2. The van der Waals surface area contributed by atoms with Gasteiger partial charge in [0, 0.05) is 11.6 Å². The van der Waals surface area contributed by atoms with Gasteiger partial charge in [-0.3, -0.25) is 20.4 Å². The third-order valence-electron chi connectivity index (χ3n) is 4.09. The fourth-order valence-electron chi connectivity index (χ4n) is 2.35. The Balaban J connectivity index is 1.89. The fourth-order valence-corrected chi connectivity index (χ4v) is 2.35. The molecule has 0 bridgehead atoms. The normalized spacial score (nSPS) is 11.9.